The topological polar surface area (TPSA) is 91.3 Å². The summed E-state index contributed by atoms with van der Waals surface area (Å²) in [6.07, 6.45) is 3.03. The van der Waals surface area contributed by atoms with Crippen LogP contribution in [-0.2, 0) is 9.16 Å². The van der Waals surface area contributed by atoms with Crippen LogP contribution >= 0.6 is 0 Å². The van der Waals surface area contributed by atoms with Gasteiger partial charge in [-0.05, 0) is 93.8 Å². The van der Waals surface area contributed by atoms with E-state index in [-0.39, 0.29) is 87.9 Å². The summed E-state index contributed by atoms with van der Waals surface area (Å²) in [5, 5.41) is 3.35. The Hall–Kier alpha value is -5.51. The predicted molar refractivity (Wildman–Crippen MR) is 302 cm³/mol. The first kappa shape index (κ1) is 53.9. The van der Waals surface area contributed by atoms with E-state index in [1.807, 2.05) is 12.1 Å². The largest absolute Gasteiger partial charge is 0.475 e. The number of hydrogen-bond acceptors (Lipinski definition) is 10. The van der Waals surface area contributed by atoms with Gasteiger partial charge in [-0.3, -0.25) is 4.90 Å². The van der Waals surface area contributed by atoms with Gasteiger partial charge >= 0.3 is 6.01 Å². The van der Waals surface area contributed by atoms with Crippen molar-refractivity contribution in [3.63, 3.8) is 0 Å². The third kappa shape index (κ3) is 9.68. The highest BCUT2D eigenvalue weighted by Gasteiger charge is 2.52. The maximum Gasteiger partial charge on any atom is 0.319 e. The Balaban J connectivity index is 1.17. The molecule has 5 heterocycles. The van der Waals surface area contributed by atoms with E-state index in [0.29, 0.717) is 53.8 Å². The number of nitrogens with zero attached hydrogens (tertiary/aromatic N) is 5. The summed E-state index contributed by atoms with van der Waals surface area (Å²) in [6, 6.07) is 27.4. The van der Waals surface area contributed by atoms with Crippen LogP contribution in [0.5, 0.6) is 17.6 Å². The number of aromatic nitrogens is 3. The summed E-state index contributed by atoms with van der Waals surface area (Å²) in [5.74, 6) is 3.31. The Bertz CT molecular complexity index is 3080. The van der Waals surface area contributed by atoms with Gasteiger partial charge in [-0.15, -0.1) is 5.54 Å². The van der Waals surface area contributed by atoms with Gasteiger partial charge in [-0.2, -0.15) is 9.97 Å². The number of fused-ring (bicyclic) bond motifs is 2. The van der Waals surface area contributed by atoms with E-state index in [0.717, 1.165) is 42.6 Å². The minimum absolute atomic E-state index is 0.0284. The van der Waals surface area contributed by atoms with Crippen LogP contribution < -0.4 is 29.5 Å². The maximum absolute atomic E-state index is 18.6. The lowest BCUT2D eigenvalue weighted by atomic mass is 9.95. The van der Waals surface area contributed by atoms with Gasteiger partial charge in [0.25, 0.3) is 8.32 Å². The van der Waals surface area contributed by atoms with Gasteiger partial charge in [0.1, 0.15) is 61.4 Å². The standard InChI is InChI=1S/C61H74F3N5O5Si2/c1-39(2)75(40(3)4,41(5)6)31-26-48-50(63)25-24-43-32-45(73-38-70-10)33-49(52(43)48)55-54(64)56-53-57(67-59(66-56)72-37-61-27-17-28-68(61)35-44(62)34-61)69(51(42-22-23-42)36-71-58(53)65-55)29-30-74-76(60(7,8)9,46-18-13-11-14-19-46)47-20-15-12-16-21-47/h11-16,18-21,24-25,32-33,39-42,44,51H,17,22-23,27-30,34-38H2,1-10H3/t44-,51-,61+/m1/s1. The summed E-state index contributed by atoms with van der Waals surface area (Å²) >= 11 is 0. The van der Waals surface area contributed by atoms with Crippen LogP contribution in [0.2, 0.25) is 21.7 Å². The van der Waals surface area contributed by atoms with Crippen molar-refractivity contribution in [2.45, 2.75) is 134 Å². The van der Waals surface area contributed by atoms with Crippen molar-refractivity contribution in [2.24, 2.45) is 5.92 Å². The fourth-order valence-electron chi connectivity index (χ4n) is 13.5. The van der Waals surface area contributed by atoms with E-state index in [1.165, 1.54) is 13.2 Å². The van der Waals surface area contributed by atoms with E-state index < -0.39 is 39.7 Å². The molecule has 0 N–H and O–H groups in total. The monoisotopic (exact) mass is 1070 g/mol. The van der Waals surface area contributed by atoms with Gasteiger partial charge in [0.2, 0.25) is 5.88 Å². The SMILES string of the molecule is COCOc1cc(-c2nc3c4c(nc(OC[C@@]56CCCN5C[C@H](F)C6)nc4c2F)N(CCO[Si](c2ccccc2)(c2ccccc2)C(C)(C)C)[C@@H](C2CC2)CO3)c2c(C#C[Si](C(C)C)(C(C)C)C(C)C)c(F)ccc2c1. The van der Waals surface area contributed by atoms with Crippen LogP contribution in [0.15, 0.2) is 84.9 Å². The molecule has 10 rings (SSSR count). The average Bonchev–Trinajstić information content (AvgIpc) is 4.15. The van der Waals surface area contributed by atoms with Crippen molar-refractivity contribution in [3.05, 3.63) is 102 Å². The number of anilines is 1. The molecular formula is C61H74F3N5O5Si2. The second-order valence-corrected chi connectivity index (χ2v) is 33.5. The highest BCUT2D eigenvalue weighted by Crippen LogP contribution is 2.48. The molecule has 0 bridgehead atoms. The summed E-state index contributed by atoms with van der Waals surface area (Å²) in [5.41, 5.74) is 4.32. The van der Waals surface area contributed by atoms with Crippen LogP contribution in [0.1, 0.15) is 100.0 Å². The molecule has 1 aliphatic carbocycles. The summed E-state index contributed by atoms with van der Waals surface area (Å²) in [4.78, 5) is 19.6. The fraction of sp³-hybridized carbons (Fsp3) is 0.492. The zero-order valence-electron chi connectivity index (χ0n) is 45.9. The summed E-state index contributed by atoms with van der Waals surface area (Å²) < 4.78 is 82.9. The van der Waals surface area contributed by atoms with Crippen LogP contribution in [-0.4, -0.2) is 107 Å². The molecular weight excluding hydrogens is 996 g/mol. The van der Waals surface area contributed by atoms with Gasteiger partial charge in [-0.25, -0.2) is 18.2 Å². The summed E-state index contributed by atoms with van der Waals surface area (Å²) in [6.45, 7) is 22.2. The second-order valence-electron chi connectivity index (χ2n) is 23.6. The zero-order valence-corrected chi connectivity index (χ0v) is 47.9. The molecule has 3 aliphatic heterocycles. The van der Waals surface area contributed by atoms with Crippen LogP contribution in [0, 0.1) is 29.0 Å². The number of ether oxygens (including phenoxy) is 4. The molecule has 6 aromatic rings. The Kier molecular flexibility index (Phi) is 15.2. The van der Waals surface area contributed by atoms with Gasteiger partial charge < -0.3 is 28.3 Å². The Morgan fingerprint density at radius 1 is 0.855 bits per heavy atom. The Morgan fingerprint density at radius 3 is 2.17 bits per heavy atom. The number of pyridine rings is 1. The van der Waals surface area contributed by atoms with E-state index in [1.54, 1.807) is 18.2 Å². The van der Waals surface area contributed by atoms with Gasteiger partial charge in [0, 0.05) is 37.6 Å². The number of rotatable bonds is 17. The Morgan fingerprint density at radius 2 is 1.54 bits per heavy atom. The molecule has 3 fully saturated rings. The van der Waals surface area contributed by atoms with Crippen LogP contribution in [0.4, 0.5) is 19.0 Å². The van der Waals surface area contributed by atoms with Gasteiger partial charge in [0.15, 0.2) is 12.6 Å². The number of methoxy groups -OCH3 is 1. The predicted octanol–water partition coefficient (Wildman–Crippen LogP) is 12.2. The number of halogens is 3. The zero-order chi connectivity index (χ0) is 53.7. The molecule has 10 nitrogen and oxygen atoms in total. The molecule has 0 unspecified atom stereocenters. The molecule has 4 aliphatic rings. The van der Waals surface area contributed by atoms with Crippen molar-refractivity contribution in [2.75, 3.05) is 58.3 Å². The van der Waals surface area contributed by atoms with Crippen LogP contribution in [0.25, 0.3) is 32.9 Å². The normalized spacial score (nSPS) is 20.1. The molecule has 402 valence electrons. The third-order valence-electron chi connectivity index (χ3n) is 17.1. The lowest BCUT2D eigenvalue weighted by Crippen LogP contribution is -2.67. The lowest BCUT2D eigenvalue weighted by Gasteiger charge is -2.43. The van der Waals surface area contributed by atoms with Gasteiger partial charge in [-0.1, -0.05) is 135 Å². The van der Waals surface area contributed by atoms with Gasteiger partial charge in [0.05, 0.1) is 23.8 Å². The van der Waals surface area contributed by atoms with Crippen molar-refractivity contribution in [1.82, 2.24) is 19.9 Å². The minimum Gasteiger partial charge on any atom is -0.475 e. The van der Waals surface area contributed by atoms with Crippen molar-refractivity contribution in [3.8, 4) is 40.4 Å². The number of hydrogen-bond donors (Lipinski definition) is 0. The maximum atomic E-state index is 18.6. The molecule has 1 saturated carbocycles. The highest BCUT2D eigenvalue weighted by molar-refractivity contribution is 6.99. The molecule has 2 aromatic heterocycles. The second kappa shape index (κ2) is 21.4. The first-order chi connectivity index (χ1) is 36.4. The number of alkyl halides is 1. The summed E-state index contributed by atoms with van der Waals surface area (Å²) in [7, 11) is -3.83. The molecule has 76 heavy (non-hydrogen) atoms. The van der Waals surface area contributed by atoms with E-state index in [9.17, 15) is 0 Å². The Labute approximate surface area is 449 Å². The molecule has 4 aromatic carbocycles. The quantitative estimate of drug-likeness (QED) is 0.0500. The molecule has 3 atom stereocenters. The van der Waals surface area contributed by atoms with Crippen molar-refractivity contribution >= 4 is 54.3 Å². The molecule has 15 heteroatoms. The smallest absolute Gasteiger partial charge is 0.319 e. The van der Waals surface area contributed by atoms with E-state index >= 15 is 13.2 Å². The first-order valence-electron chi connectivity index (χ1n) is 27.4. The first-order valence-corrected chi connectivity index (χ1v) is 31.6. The third-order valence-corrected chi connectivity index (χ3v) is 28.5. The lowest BCUT2D eigenvalue weighted by molar-refractivity contribution is 0.0512. The van der Waals surface area contributed by atoms with E-state index in [2.05, 4.69) is 132 Å². The molecule has 0 amide bonds. The van der Waals surface area contributed by atoms with Crippen molar-refractivity contribution < 1.29 is 36.5 Å². The molecule has 0 radical (unpaired) electrons. The fourth-order valence-corrected chi connectivity index (χ4v) is 23.2. The minimum atomic E-state index is -2.98. The highest BCUT2D eigenvalue weighted by atomic mass is 28.4. The molecule has 0 spiro atoms. The van der Waals surface area contributed by atoms with Crippen molar-refractivity contribution in [1.29, 1.82) is 0 Å². The van der Waals surface area contributed by atoms with Crippen LogP contribution in [0.3, 0.4) is 0 Å². The molecule has 2 saturated heterocycles. The average molecular weight is 1070 g/mol. The van der Waals surface area contributed by atoms with E-state index in [4.69, 9.17) is 38.3 Å². The number of benzene rings is 4.